The molecule has 5 atom stereocenters. The van der Waals surface area contributed by atoms with Crippen molar-refractivity contribution >= 4 is 15.9 Å². The van der Waals surface area contributed by atoms with Gasteiger partial charge in [-0.2, -0.15) is 0 Å². The molecule has 5 rings (SSSR count). The molecule has 1 aliphatic heterocycles. The average molecular weight is 590 g/mol. The number of rotatable bonds is 12. The fourth-order valence-electron chi connectivity index (χ4n) is 4.49. The molecular weight excluding hydrogens is 556 g/mol. The molecule has 0 aliphatic carbocycles. The molecule has 0 bridgehead atoms. The average Bonchev–Trinajstić information content (AvgIpc) is 3.00. The Kier molecular flexibility index (Phi) is 10.3. The highest BCUT2D eigenvalue weighted by molar-refractivity contribution is 9.09. The van der Waals surface area contributed by atoms with E-state index in [1.807, 2.05) is 121 Å². The van der Waals surface area contributed by atoms with Crippen molar-refractivity contribution in [3.05, 3.63) is 144 Å². The highest BCUT2D eigenvalue weighted by Crippen LogP contribution is 2.33. The summed E-state index contributed by atoms with van der Waals surface area (Å²) in [4.78, 5) is 0. The zero-order valence-electron chi connectivity index (χ0n) is 21.7. The van der Waals surface area contributed by atoms with Crippen LogP contribution in [0.2, 0.25) is 0 Å². The molecule has 5 nitrogen and oxygen atoms in total. The summed E-state index contributed by atoms with van der Waals surface area (Å²) in [5.74, 6) is 0. The van der Waals surface area contributed by atoms with Crippen LogP contribution in [-0.4, -0.2) is 29.6 Å². The topological polar surface area (TPSA) is 46.2 Å². The lowest BCUT2D eigenvalue weighted by atomic mass is 10.0. The molecule has 1 saturated heterocycles. The molecule has 1 fully saturated rings. The van der Waals surface area contributed by atoms with E-state index in [1.165, 1.54) is 0 Å². The first-order chi connectivity index (χ1) is 19.3. The zero-order valence-corrected chi connectivity index (χ0v) is 23.3. The highest BCUT2D eigenvalue weighted by Gasteiger charge is 2.48. The first-order valence-electron chi connectivity index (χ1n) is 13.2. The van der Waals surface area contributed by atoms with Gasteiger partial charge in [-0.25, -0.2) is 0 Å². The van der Waals surface area contributed by atoms with Crippen molar-refractivity contribution in [3.8, 4) is 0 Å². The summed E-state index contributed by atoms with van der Waals surface area (Å²) in [6.07, 6.45) is -2.11. The number of benzene rings is 4. The highest BCUT2D eigenvalue weighted by atomic mass is 79.9. The number of hydrogen-bond acceptors (Lipinski definition) is 5. The van der Waals surface area contributed by atoms with Crippen LogP contribution in [0.25, 0.3) is 0 Å². The summed E-state index contributed by atoms with van der Waals surface area (Å²) in [7, 11) is 0. The smallest absolute Gasteiger partial charge is 0.188 e. The second kappa shape index (κ2) is 14.5. The van der Waals surface area contributed by atoms with Crippen molar-refractivity contribution in [2.75, 3.05) is 0 Å². The third kappa shape index (κ3) is 8.08. The molecule has 4 aromatic carbocycles. The van der Waals surface area contributed by atoms with E-state index in [2.05, 4.69) is 15.9 Å². The third-order valence-electron chi connectivity index (χ3n) is 6.55. The zero-order chi connectivity index (χ0) is 26.7. The van der Waals surface area contributed by atoms with E-state index in [9.17, 15) is 0 Å². The molecule has 1 heterocycles. The number of alkyl halides is 1. The van der Waals surface area contributed by atoms with Gasteiger partial charge in [0, 0.05) is 0 Å². The van der Waals surface area contributed by atoms with Crippen LogP contribution in [0, 0.1) is 0 Å². The third-order valence-corrected chi connectivity index (χ3v) is 7.29. The fourth-order valence-corrected chi connectivity index (χ4v) is 5.16. The quantitative estimate of drug-likeness (QED) is 0.166. The van der Waals surface area contributed by atoms with Gasteiger partial charge >= 0.3 is 0 Å². The van der Waals surface area contributed by atoms with E-state index in [4.69, 9.17) is 23.7 Å². The lowest BCUT2D eigenvalue weighted by Crippen LogP contribution is -2.59. The summed E-state index contributed by atoms with van der Waals surface area (Å²) in [6, 6.07) is 40.3. The van der Waals surface area contributed by atoms with Crippen LogP contribution in [0.4, 0.5) is 0 Å². The van der Waals surface area contributed by atoms with Crippen molar-refractivity contribution in [1.29, 1.82) is 0 Å². The predicted molar refractivity (Wildman–Crippen MR) is 154 cm³/mol. The lowest BCUT2D eigenvalue weighted by Gasteiger charge is -2.44. The van der Waals surface area contributed by atoms with Gasteiger partial charge in [0.2, 0.25) is 0 Å². The molecule has 202 valence electrons. The van der Waals surface area contributed by atoms with E-state index in [0.29, 0.717) is 26.4 Å². The predicted octanol–water partition coefficient (Wildman–Crippen LogP) is 7.04. The molecule has 39 heavy (non-hydrogen) atoms. The second-order valence-electron chi connectivity index (χ2n) is 9.44. The maximum Gasteiger partial charge on any atom is 0.188 e. The molecule has 0 saturated carbocycles. The molecular formula is C33H33BrO5. The van der Waals surface area contributed by atoms with Crippen LogP contribution in [0.5, 0.6) is 0 Å². The second-order valence-corrected chi connectivity index (χ2v) is 10.3. The number of hydrogen-bond donors (Lipinski definition) is 0. The van der Waals surface area contributed by atoms with Crippen LogP contribution in [0.15, 0.2) is 121 Å². The van der Waals surface area contributed by atoms with Gasteiger partial charge in [0.05, 0.1) is 26.4 Å². The summed E-state index contributed by atoms with van der Waals surface area (Å²) in [5.41, 5.74) is 4.26. The van der Waals surface area contributed by atoms with Gasteiger partial charge in [0.15, 0.2) is 6.29 Å². The molecule has 0 aromatic heterocycles. The Morgan fingerprint density at radius 2 is 0.769 bits per heavy atom. The number of ether oxygens (including phenoxy) is 5. The van der Waals surface area contributed by atoms with E-state index in [-0.39, 0.29) is 0 Å². The maximum absolute atomic E-state index is 6.58. The van der Waals surface area contributed by atoms with E-state index in [0.717, 1.165) is 22.3 Å². The van der Waals surface area contributed by atoms with E-state index in [1.54, 1.807) is 0 Å². The Labute approximate surface area is 238 Å². The Bertz CT molecular complexity index is 1230. The van der Waals surface area contributed by atoms with Gasteiger partial charge in [-0.1, -0.05) is 137 Å². The maximum atomic E-state index is 6.58. The largest absolute Gasteiger partial charge is 0.368 e. The normalized spacial score (nSPS) is 22.9. The van der Waals surface area contributed by atoms with E-state index < -0.39 is 29.6 Å². The van der Waals surface area contributed by atoms with Crippen LogP contribution >= 0.6 is 15.9 Å². The Morgan fingerprint density at radius 3 is 1.18 bits per heavy atom. The molecule has 0 spiro atoms. The SMILES string of the molecule is Br[C@H]1O[C@H](OCc2ccccc2)[C@@H](OCc2ccccc2)[C@H](OCc2ccccc2)[C@H]1OCc1ccccc1. The molecule has 0 N–H and O–H groups in total. The van der Waals surface area contributed by atoms with Gasteiger partial charge in [-0.15, -0.1) is 0 Å². The van der Waals surface area contributed by atoms with Crippen molar-refractivity contribution in [1.82, 2.24) is 0 Å². The molecule has 0 radical (unpaired) electrons. The minimum absolute atomic E-state index is 0.386. The summed E-state index contributed by atoms with van der Waals surface area (Å²) < 4.78 is 32.2. The molecule has 4 aromatic rings. The summed E-state index contributed by atoms with van der Waals surface area (Å²) in [6.45, 7) is 1.61. The van der Waals surface area contributed by atoms with Gasteiger partial charge in [-0.3, -0.25) is 0 Å². The number of halogens is 1. The lowest BCUT2D eigenvalue weighted by molar-refractivity contribution is -0.308. The van der Waals surface area contributed by atoms with Crippen molar-refractivity contribution in [2.24, 2.45) is 0 Å². The van der Waals surface area contributed by atoms with Gasteiger partial charge < -0.3 is 23.7 Å². The summed E-state index contributed by atoms with van der Waals surface area (Å²) >= 11 is 3.72. The molecule has 1 aliphatic rings. The molecule has 6 heteroatoms. The van der Waals surface area contributed by atoms with E-state index >= 15 is 0 Å². The van der Waals surface area contributed by atoms with Crippen LogP contribution < -0.4 is 0 Å². The van der Waals surface area contributed by atoms with Crippen molar-refractivity contribution in [2.45, 2.75) is 56.0 Å². The van der Waals surface area contributed by atoms with Crippen LogP contribution in [0.3, 0.4) is 0 Å². The van der Waals surface area contributed by atoms with Gasteiger partial charge in [-0.05, 0) is 22.3 Å². The molecule has 0 unspecified atom stereocenters. The minimum atomic E-state index is -0.671. The first-order valence-corrected chi connectivity index (χ1v) is 14.1. The first kappa shape index (κ1) is 27.7. The van der Waals surface area contributed by atoms with Gasteiger partial charge in [0.25, 0.3) is 0 Å². The molecule has 0 amide bonds. The van der Waals surface area contributed by atoms with Gasteiger partial charge in [0.1, 0.15) is 23.3 Å². The summed E-state index contributed by atoms with van der Waals surface area (Å²) in [5, 5.41) is -0.459. The van der Waals surface area contributed by atoms with Crippen molar-refractivity contribution < 1.29 is 23.7 Å². The fraction of sp³-hybridized carbons (Fsp3) is 0.273. The van der Waals surface area contributed by atoms with Crippen molar-refractivity contribution in [3.63, 3.8) is 0 Å². The monoisotopic (exact) mass is 588 g/mol. The van der Waals surface area contributed by atoms with Crippen LogP contribution in [-0.2, 0) is 50.1 Å². The Balaban J connectivity index is 1.38. The Hall–Kier alpha value is -2.84. The van der Waals surface area contributed by atoms with Crippen LogP contribution in [0.1, 0.15) is 22.3 Å². The Morgan fingerprint density at radius 1 is 0.436 bits per heavy atom. The standard InChI is InChI=1S/C33H33BrO5/c34-32-30(36-22-26-15-7-2-8-16-26)29(35-21-25-13-5-1-6-14-25)31(37-23-27-17-9-3-10-18-27)33(39-32)38-24-28-19-11-4-12-20-28/h1-20,29-33H,21-24H2/t29-,30-,31+,32+,33+/m1/s1. The minimum Gasteiger partial charge on any atom is -0.368 e.